The Balaban J connectivity index is 0.000000461. The van der Waals surface area contributed by atoms with Crippen LogP contribution in [-0.4, -0.2) is 0 Å². The van der Waals surface area contributed by atoms with Crippen LogP contribution >= 0.6 is 0 Å². The minimum absolute atomic E-state index is 0.744. The fourth-order valence-corrected chi connectivity index (χ4v) is 0.579. The average Bonchev–Trinajstić information content (AvgIpc) is 2.10. The molecule has 0 spiro atoms. The van der Waals surface area contributed by atoms with Crippen LogP contribution < -0.4 is 5.73 Å². The van der Waals surface area contributed by atoms with Gasteiger partial charge in [0.1, 0.15) is 0 Å². The molecule has 0 amide bonds. The normalized spacial score (nSPS) is 7.36. The van der Waals surface area contributed by atoms with E-state index in [2.05, 4.69) is 5.92 Å². The van der Waals surface area contributed by atoms with Gasteiger partial charge in [-0.1, -0.05) is 19.8 Å². The van der Waals surface area contributed by atoms with Gasteiger partial charge in [0.15, 0.2) is 0 Å². The Kier molecular flexibility index (Phi) is 4.68. The first-order chi connectivity index (χ1) is 5.33. The number of nitrogens with two attached hydrogens (primary N) is 1. The Morgan fingerprint density at radius 2 is 1.64 bits per heavy atom. The van der Waals surface area contributed by atoms with Crippen molar-refractivity contribution in [1.29, 1.82) is 0 Å². The summed E-state index contributed by atoms with van der Waals surface area (Å²) in [5, 5.41) is 0. The monoisotopic (exact) mass is 147 g/mol. The van der Waals surface area contributed by atoms with Gasteiger partial charge in [0.25, 0.3) is 0 Å². The molecule has 11 heavy (non-hydrogen) atoms. The molecule has 1 nitrogen and oxygen atoms in total. The smallest absolute Gasteiger partial charge is 0.0314 e. The van der Waals surface area contributed by atoms with Crippen molar-refractivity contribution < 1.29 is 0 Å². The highest BCUT2D eigenvalue weighted by Gasteiger charge is 1.83. The van der Waals surface area contributed by atoms with E-state index < -0.39 is 0 Å². The van der Waals surface area contributed by atoms with Crippen molar-refractivity contribution in [3.05, 3.63) is 29.8 Å². The van der Waals surface area contributed by atoms with Gasteiger partial charge >= 0.3 is 0 Å². The Labute approximate surface area is 68.2 Å². The second kappa shape index (κ2) is 5.37. The van der Waals surface area contributed by atoms with E-state index >= 15 is 0 Å². The van der Waals surface area contributed by atoms with E-state index in [0.717, 1.165) is 11.3 Å². The lowest BCUT2D eigenvalue weighted by atomic mass is 10.2. The first-order valence-corrected chi connectivity index (χ1v) is 3.65. The SMILES string of the molecule is C#Cc1ccc(N)cc1.CC. The van der Waals surface area contributed by atoms with Crippen molar-refractivity contribution in [2.45, 2.75) is 13.8 Å². The summed E-state index contributed by atoms with van der Waals surface area (Å²) in [6, 6.07) is 7.20. The molecule has 0 aliphatic rings. The highest BCUT2D eigenvalue weighted by Crippen LogP contribution is 2.02. The lowest BCUT2D eigenvalue weighted by Gasteiger charge is -1.89. The van der Waals surface area contributed by atoms with Gasteiger partial charge in [-0.3, -0.25) is 0 Å². The van der Waals surface area contributed by atoms with Gasteiger partial charge in [0.05, 0.1) is 0 Å². The summed E-state index contributed by atoms with van der Waals surface area (Å²) in [5.74, 6) is 2.50. The molecule has 1 aromatic carbocycles. The van der Waals surface area contributed by atoms with Gasteiger partial charge in [-0.05, 0) is 24.3 Å². The molecule has 58 valence electrons. The summed E-state index contributed by atoms with van der Waals surface area (Å²) < 4.78 is 0. The molecular formula is C10H13N. The van der Waals surface area contributed by atoms with Gasteiger partial charge in [-0.15, -0.1) is 6.42 Å². The van der Waals surface area contributed by atoms with Crippen molar-refractivity contribution >= 4 is 5.69 Å². The molecule has 0 unspecified atom stereocenters. The molecule has 1 rings (SSSR count). The second-order valence-corrected chi connectivity index (χ2v) is 1.77. The highest BCUT2D eigenvalue weighted by atomic mass is 14.5. The Morgan fingerprint density at radius 1 is 1.18 bits per heavy atom. The van der Waals surface area contributed by atoms with Crippen LogP contribution in [0, 0.1) is 12.3 Å². The minimum atomic E-state index is 0.744. The molecule has 0 bridgehead atoms. The maximum absolute atomic E-state index is 5.41. The maximum atomic E-state index is 5.41. The van der Waals surface area contributed by atoms with E-state index in [0.29, 0.717) is 0 Å². The first-order valence-electron chi connectivity index (χ1n) is 3.65. The number of rotatable bonds is 0. The molecule has 0 heterocycles. The number of hydrogen-bond acceptors (Lipinski definition) is 1. The van der Waals surface area contributed by atoms with Gasteiger partial charge < -0.3 is 5.73 Å². The number of terminal acetylenes is 1. The van der Waals surface area contributed by atoms with Crippen molar-refractivity contribution in [2.75, 3.05) is 5.73 Å². The molecule has 1 aromatic rings. The Morgan fingerprint density at radius 3 is 2.00 bits per heavy atom. The van der Waals surface area contributed by atoms with E-state index in [-0.39, 0.29) is 0 Å². The van der Waals surface area contributed by atoms with Crippen LogP contribution in [0.5, 0.6) is 0 Å². The van der Waals surface area contributed by atoms with Crippen molar-refractivity contribution in [1.82, 2.24) is 0 Å². The van der Waals surface area contributed by atoms with Crippen molar-refractivity contribution in [3.63, 3.8) is 0 Å². The summed E-state index contributed by atoms with van der Waals surface area (Å²) in [6.45, 7) is 4.00. The van der Waals surface area contributed by atoms with Crippen LogP contribution in [0.4, 0.5) is 5.69 Å². The zero-order valence-corrected chi connectivity index (χ0v) is 6.96. The molecule has 0 saturated carbocycles. The topological polar surface area (TPSA) is 26.0 Å². The molecule has 0 atom stereocenters. The molecular weight excluding hydrogens is 134 g/mol. The largest absolute Gasteiger partial charge is 0.399 e. The Hall–Kier alpha value is -1.42. The second-order valence-electron chi connectivity index (χ2n) is 1.77. The molecule has 0 aliphatic heterocycles. The zero-order valence-electron chi connectivity index (χ0n) is 6.96. The van der Waals surface area contributed by atoms with Crippen LogP contribution in [0.15, 0.2) is 24.3 Å². The van der Waals surface area contributed by atoms with Gasteiger partial charge in [-0.25, -0.2) is 0 Å². The Bertz CT molecular complexity index is 228. The molecule has 0 saturated heterocycles. The minimum Gasteiger partial charge on any atom is -0.399 e. The molecule has 0 aromatic heterocycles. The summed E-state index contributed by atoms with van der Waals surface area (Å²) >= 11 is 0. The van der Waals surface area contributed by atoms with Crippen LogP contribution in [0.1, 0.15) is 19.4 Å². The standard InChI is InChI=1S/C8H7N.C2H6/c1-2-7-3-5-8(9)6-4-7;1-2/h1,3-6H,9H2;1-2H3. The molecule has 0 radical (unpaired) electrons. The predicted molar refractivity (Wildman–Crippen MR) is 50.1 cm³/mol. The quantitative estimate of drug-likeness (QED) is 0.442. The molecule has 0 aliphatic carbocycles. The van der Waals surface area contributed by atoms with Gasteiger partial charge in [0.2, 0.25) is 0 Å². The summed E-state index contributed by atoms with van der Waals surface area (Å²) in [7, 11) is 0. The number of nitrogen functional groups attached to an aromatic ring is 1. The lowest BCUT2D eigenvalue weighted by Crippen LogP contribution is -1.82. The highest BCUT2D eigenvalue weighted by molar-refractivity contribution is 5.43. The number of anilines is 1. The summed E-state index contributed by atoms with van der Waals surface area (Å²) in [6.07, 6.45) is 5.11. The fourth-order valence-electron chi connectivity index (χ4n) is 0.579. The fraction of sp³-hybridized carbons (Fsp3) is 0.200. The van der Waals surface area contributed by atoms with Crippen LogP contribution in [0.2, 0.25) is 0 Å². The average molecular weight is 147 g/mol. The van der Waals surface area contributed by atoms with E-state index in [9.17, 15) is 0 Å². The van der Waals surface area contributed by atoms with E-state index in [4.69, 9.17) is 12.2 Å². The van der Waals surface area contributed by atoms with E-state index in [1.807, 2.05) is 26.0 Å². The van der Waals surface area contributed by atoms with Gasteiger partial charge in [0, 0.05) is 11.3 Å². The van der Waals surface area contributed by atoms with E-state index in [1.165, 1.54) is 0 Å². The lowest BCUT2D eigenvalue weighted by molar-refractivity contribution is 1.50. The van der Waals surface area contributed by atoms with Crippen molar-refractivity contribution in [2.24, 2.45) is 0 Å². The van der Waals surface area contributed by atoms with Crippen LogP contribution in [-0.2, 0) is 0 Å². The zero-order chi connectivity index (χ0) is 8.69. The predicted octanol–water partition coefficient (Wildman–Crippen LogP) is 2.28. The molecule has 0 fully saturated rings. The number of benzene rings is 1. The van der Waals surface area contributed by atoms with Crippen LogP contribution in [0.25, 0.3) is 0 Å². The molecule has 2 N–H and O–H groups in total. The summed E-state index contributed by atoms with van der Waals surface area (Å²) in [4.78, 5) is 0. The third-order valence-electron chi connectivity index (χ3n) is 1.08. The first kappa shape index (κ1) is 9.58. The molecule has 1 heteroatoms. The summed E-state index contributed by atoms with van der Waals surface area (Å²) in [5.41, 5.74) is 7.02. The third-order valence-corrected chi connectivity index (χ3v) is 1.08. The maximum Gasteiger partial charge on any atom is 0.0314 e. The van der Waals surface area contributed by atoms with E-state index in [1.54, 1.807) is 12.1 Å². The number of hydrogen-bond donors (Lipinski definition) is 1. The van der Waals surface area contributed by atoms with Crippen molar-refractivity contribution in [3.8, 4) is 12.3 Å². The third kappa shape index (κ3) is 3.32. The van der Waals surface area contributed by atoms with Gasteiger partial charge in [-0.2, -0.15) is 0 Å². The van der Waals surface area contributed by atoms with Crippen LogP contribution in [0.3, 0.4) is 0 Å².